The quantitative estimate of drug-likeness (QED) is 0.147. The molecule has 2 heteroatoms. The first-order valence-electron chi connectivity index (χ1n) is 22.1. The van der Waals surface area contributed by atoms with Crippen molar-refractivity contribution in [2.24, 2.45) is 0 Å². The molecule has 1 heterocycles. The van der Waals surface area contributed by atoms with E-state index >= 15 is 0 Å². The van der Waals surface area contributed by atoms with Gasteiger partial charge in [-0.3, -0.25) is 0 Å². The number of aromatic nitrogens is 1. The molecule has 65 heavy (non-hydrogen) atoms. The van der Waals surface area contributed by atoms with E-state index in [9.17, 15) is 5.26 Å². The monoisotopic (exact) mass is 824 g/mol. The van der Waals surface area contributed by atoms with Crippen LogP contribution in [0.1, 0.15) is 5.56 Å². The summed E-state index contributed by atoms with van der Waals surface area (Å²) in [4.78, 5) is 0. The number of rotatable bonds is 7. The second-order valence-electron chi connectivity index (χ2n) is 16.8. The second-order valence-corrected chi connectivity index (χ2v) is 16.8. The number of para-hydroxylation sites is 1. The lowest BCUT2D eigenvalue weighted by Gasteiger charge is -2.19. The normalized spacial score (nSPS) is 11.4. The second kappa shape index (κ2) is 15.9. The SMILES string of the molecule is N#Cc1ccc2c3ccc(-c4ccc(-c5ccc6c(-c7ccc(-c8ccccc8)cc7)c7ccccc7c(-c7ccc(-c8ccccc8)cc7)c6c5)cc4)cc3n(-c3ccccc3)c2c1. The molecule has 0 N–H and O–H groups in total. The number of nitriles is 1. The van der Waals surface area contributed by atoms with Crippen molar-refractivity contribution in [3.05, 3.63) is 248 Å². The molecule has 11 aromatic carbocycles. The molecule has 0 aliphatic heterocycles. The van der Waals surface area contributed by atoms with Gasteiger partial charge in [0.25, 0.3) is 0 Å². The van der Waals surface area contributed by atoms with Crippen LogP contribution in [0.25, 0.3) is 116 Å². The zero-order chi connectivity index (χ0) is 43.3. The third-order valence-electron chi connectivity index (χ3n) is 13.0. The lowest BCUT2D eigenvalue weighted by molar-refractivity contribution is 1.18. The molecule has 0 radical (unpaired) electrons. The van der Waals surface area contributed by atoms with Gasteiger partial charge in [-0.05, 0) is 125 Å². The first-order valence-corrected chi connectivity index (χ1v) is 22.1. The third kappa shape index (κ3) is 6.67. The van der Waals surface area contributed by atoms with E-state index in [4.69, 9.17) is 0 Å². The Balaban J connectivity index is 0.996. The molecule has 0 saturated heterocycles. The van der Waals surface area contributed by atoms with Gasteiger partial charge in [-0.2, -0.15) is 5.26 Å². The van der Waals surface area contributed by atoms with Gasteiger partial charge in [0.05, 0.1) is 22.7 Å². The predicted octanol–water partition coefficient (Wildman–Crippen LogP) is 17.0. The Hall–Kier alpha value is -8.77. The number of fused-ring (bicyclic) bond motifs is 5. The van der Waals surface area contributed by atoms with E-state index in [2.05, 4.69) is 235 Å². The highest BCUT2D eigenvalue weighted by Gasteiger charge is 2.19. The highest BCUT2D eigenvalue weighted by Crippen LogP contribution is 2.46. The molecule has 1 aromatic heterocycles. The van der Waals surface area contributed by atoms with Crippen LogP contribution in [-0.4, -0.2) is 4.57 Å². The molecule has 12 aromatic rings. The van der Waals surface area contributed by atoms with E-state index in [-0.39, 0.29) is 0 Å². The van der Waals surface area contributed by atoms with Gasteiger partial charge in [-0.1, -0.05) is 206 Å². The van der Waals surface area contributed by atoms with Gasteiger partial charge in [-0.15, -0.1) is 0 Å². The van der Waals surface area contributed by atoms with E-state index in [0.717, 1.165) is 44.2 Å². The van der Waals surface area contributed by atoms with E-state index in [1.807, 2.05) is 18.2 Å². The Kier molecular flexibility index (Phi) is 9.25. The summed E-state index contributed by atoms with van der Waals surface area (Å²) in [5.74, 6) is 0. The summed E-state index contributed by atoms with van der Waals surface area (Å²) in [6.45, 7) is 0. The van der Waals surface area contributed by atoms with Gasteiger partial charge >= 0.3 is 0 Å². The first-order chi connectivity index (χ1) is 32.2. The average molecular weight is 825 g/mol. The first kappa shape index (κ1) is 37.9. The Morgan fingerprint density at radius 2 is 0.615 bits per heavy atom. The summed E-state index contributed by atoms with van der Waals surface area (Å²) in [5.41, 5.74) is 18.2. The standard InChI is InChI=1S/C63H40N2/c64-41-42-20-35-54-55-36-33-52(40-61(55)65(60(54)38-42)53-16-8-3-9-17-53)48-23-21-47(22-24-48)51-34-37-58-59(39-51)63(50-31-27-46(28-32-50)44-14-6-2-7-15-44)57-19-11-10-18-56(57)62(58)49-29-25-45(26-30-49)43-12-4-1-5-13-43/h1-40H. The van der Waals surface area contributed by atoms with Gasteiger partial charge in [0, 0.05) is 16.5 Å². The Labute approximate surface area is 378 Å². The zero-order valence-electron chi connectivity index (χ0n) is 35.5. The lowest BCUT2D eigenvalue weighted by Crippen LogP contribution is -1.93. The van der Waals surface area contributed by atoms with Crippen LogP contribution >= 0.6 is 0 Å². The molecule has 302 valence electrons. The fourth-order valence-electron chi connectivity index (χ4n) is 9.88. The van der Waals surface area contributed by atoms with Crippen LogP contribution in [0.5, 0.6) is 0 Å². The van der Waals surface area contributed by atoms with Gasteiger partial charge in [0.15, 0.2) is 0 Å². The van der Waals surface area contributed by atoms with Crippen molar-refractivity contribution in [2.75, 3.05) is 0 Å². The largest absolute Gasteiger partial charge is 0.309 e. The van der Waals surface area contributed by atoms with E-state index in [1.165, 1.54) is 71.6 Å². The molecule has 12 rings (SSSR count). The molecule has 0 aliphatic carbocycles. The van der Waals surface area contributed by atoms with Gasteiger partial charge in [-0.25, -0.2) is 0 Å². The van der Waals surface area contributed by atoms with Crippen molar-refractivity contribution in [3.63, 3.8) is 0 Å². The maximum Gasteiger partial charge on any atom is 0.0992 e. The molecule has 0 aliphatic rings. The van der Waals surface area contributed by atoms with Gasteiger partial charge in [0.1, 0.15) is 0 Å². The number of hydrogen-bond donors (Lipinski definition) is 0. The van der Waals surface area contributed by atoms with Crippen molar-refractivity contribution in [1.29, 1.82) is 5.26 Å². The van der Waals surface area contributed by atoms with Crippen LogP contribution in [0, 0.1) is 11.3 Å². The topological polar surface area (TPSA) is 28.7 Å². The number of benzene rings is 11. The fraction of sp³-hybridized carbons (Fsp3) is 0. The fourth-order valence-corrected chi connectivity index (χ4v) is 9.88. The molecule has 0 bridgehead atoms. The van der Waals surface area contributed by atoms with Crippen LogP contribution < -0.4 is 0 Å². The molecular weight excluding hydrogens is 785 g/mol. The van der Waals surface area contributed by atoms with Crippen molar-refractivity contribution in [1.82, 2.24) is 4.57 Å². The van der Waals surface area contributed by atoms with Crippen molar-refractivity contribution in [3.8, 4) is 78.5 Å². The minimum Gasteiger partial charge on any atom is -0.309 e. The molecule has 0 amide bonds. The minimum atomic E-state index is 0.650. The van der Waals surface area contributed by atoms with Crippen LogP contribution in [0.3, 0.4) is 0 Å². The van der Waals surface area contributed by atoms with E-state index in [1.54, 1.807) is 0 Å². The van der Waals surface area contributed by atoms with E-state index in [0.29, 0.717) is 5.56 Å². The average Bonchev–Trinajstić information content (AvgIpc) is 3.71. The summed E-state index contributed by atoms with van der Waals surface area (Å²) < 4.78 is 2.28. The molecule has 0 spiro atoms. The van der Waals surface area contributed by atoms with Crippen molar-refractivity contribution < 1.29 is 0 Å². The van der Waals surface area contributed by atoms with Gasteiger partial charge < -0.3 is 4.57 Å². The predicted molar refractivity (Wildman–Crippen MR) is 273 cm³/mol. The molecule has 0 fully saturated rings. The summed E-state index contributed by atoms with van der Waals surface area (Å²) in [6.07, 6.45) is 0. The molecule has 0 saturated carbocycles. The number of hydrogen-bond acceptors (Lipinski definition) is 1. The maximum atomic E-state index is 9.78. The zero-order valence-corrected chi connectivity index (χ0v) is 35.5. The van der Waals surface area contributed by atoms with Crippen LogP contribution in [0.4, 0.5) is 0 Å². The number of nitrogens with zero attached hydrogens (tertiary/aromatic N) is 2. The smallest absolute Gasteiger partial charge is 0.0992 e. The van der Waals surface area contributed by atoms with Crippen LogP contribution in [-0.2, 0) is 0 Å². The molecule has 0 unspecified atom stereocenters. The Morgan fingerprint density at radius 3 is 1.14 bits per heavy atom. The summed E-state index contributed by atoms with van der Waals surface area (Å²) in [7, 11) is 0. The summed E-state index contributed by atoms with van der Waals surface area (Å²) in [5, 5.41) is 17.0. The lowest BCUT2D eigenvalue weighted by atomic mass is 9.84. The third-order valence-corrected chi connectivity index (χ3v) is 13.0. The molecular formula is C63H40N2. The minimum absolute atomic E-state index is 0.650. The highest BCUT2D eigenvalue weighted by atomic mass is 15.0. The Morgan fingerprint density at radius 1 is 0.262 bits per heavy atom. The maximum absolute atomic E-state index is 9.78. The van der Waals surface area contributed by atoms with E-state index < -0.39 is 0 Å². The van der Waals surface area contributed by atoms with Crippen molar-refractivity contribution in [2.45, 2.75) is 0 Å². The summed E-state index contributed by atoms with van der Waals surface area (Å²) in [6, 6.07) is 89.7. The summed E-state index contributed by atoms with van der Waals surface area (Å²) >= 11 is 0. The molecule has 0 atom stereocenters. The Bertz CT molecular complexity index is 3770. The van der Waals surface area contributed by atoms with Crippen LogP contribution in [0.15, 0.2) is 243 Å². The van der Waals surface area contributed by atoms with Gasteiger partial charge in [0.2, 0.25) is 0 Å². The van der Waals surface area contributed by atoms with Crippen molar-refractivity contribution >= 4 is 43.4 Å². The molecule has 2 nitrogen and oxygen atoms in total. The van der Waals surface area contributed by atoms with Crippen LogP contribution in [0.2, 0.25) is 0 Å². The highest BCUT2D eigenvalue weighted by molar-refractivity contribution is 6.22.